The molecule has 0 saturated heterocycles. The molecule has 0 bridgehead atoms. The van der Waals surface area contributed by atoms with Crippen molar-refractivity contribution in [1.82, 2.24) is 14.7 Å². The van der Waals surface area contributed by atoms with Crippen molar-refractivity contribution in [2.75, 3.05) is 13.2 Å². The maximum Gasteiger partial charge on any atom is 0.325 e. The lowest BCUT2D eigenvalue weighted by molar-refractivity contribution is -0.144. The van der Waals surface area contributed by atoms with E-state index >= 15 is 0 Å². The van der Waals surface area contributed by atoms with Crippen LogP contribution in [0.2, 0.25) is 0 Å². The van der Waals surface area contributed by atoms with Crippen molar-refractivity contribution >= 4 is 11.9 Å². The molecular formula is C13H21N3O3. The second-order valence-electron chi connectivity index (χ2n) is 4.63. The number of hydrogen-bond donors (Lipinski definition) is 0. The molecular weight excluding hydrogens is 246 g/mol. The second kappa shape index (κ2) is 6.36. The van der Waals surface area contributed by atoms with Gasteiger partial charge in [0.05, 0.1) is 12.3 Å². The fourth-order valence-electron chi connectivity index (χ4n) is 1.79. The van der Waals surface area contributed by atoms with Crippen LogP contribution in [0.3, 0.4) is 0 Å². The predicted octanol–water partition coefficient (Wildman–Crippen LogP) is 1.14. The zero-order valence-corrected chi connectivity index (χ0v) is 12.1. The number of aromatic nitrogens is 2. The Kier molecular flexibility index (Phi) is 5.09. The molecule has 0 unspecified atom stereocenters. The van der Waals surface area contributed by atoms with Crippen LogP contribution in [0.1, 0.15) is 37.0 Å². The van der Waals surface area contributed by atoms with E-state index in [2.05, 4.69) is 5.10 Å². The van der Waals surface area contributed by atoms with Crippen LogP contribution < -0.4 is 0 Å². The molecule has 0 aliphatic carbocycles. The quantitative estimate of drug-likeness (QED) is 0.750. The molecule has 1 aromatic rings. The third kappa shape index (κ3) is 3.81. The van der Waals surface area contributed by atoms with Crippen LogP contribution in [0.5, 0.6) is 0 Å². The summed E-state index contributed by atoms with van der Waals surface area (Å²) < 4.78 is 6.41. The zero-order valence-electron chi connectivity index (χ0n) is 12.1. The molecule has 6 heteroatoms. The van der Waals surface area contributed by atoms with Crippen molar-refractivity contribution in [2.45, 2.75) is 33.7 Å². The van der Waals surface area contributed by atoms with Crippen molar-refractivity contribution in [3.8, 4) is 0 Å². The normalized spacial score (nSPS) is 10.6. The Morgan fingerprint density at radius 1 is 1.47 bits per heavy atom. The van der Waals surface area contributed by atoms with E-state index in [1.54, 1.807) is 20.0 Å². The first-order chi connectivity index (χ1) is 8.86. The Hall–Kier alpha value is -1.85. The number of rotatable bonds is 5. The highest BCUT2D eigenvalue weighted by molar-refractivity contribution is 5.94. The summed E-state index contributed by atoms with van der Waals surface area (Å²) in [7, 11) is 1.71. The number of esters is 1. The molecule has 19 heavy (non-hydrogen) atoms. The van der Waals surface area contributed by atoms with Crippen molar-refractivity contribution in [2.24, 2.45) is 7.05 Å². The lowest BCUT2D eigenvalue weighted by Gasteiger charge is -2.25. The van der Waals surface area contributed by atoms with E-state index in [0.717, 1.165) is 5.69 Å². The van der Waals surface area contributed by atoms with Gasteiger partial charge in [-0.25, -0.2) is 0 Å². The molecule has 0 aliphatic rings. The number of carbonyl (C=O) groups excluding carboxylic acids is 2. The number of aryl methyl sites for hydroxylation is 2. The molecule has 1 rings (SSSR count). The van der Waals surface area contributed by atoms with Crippen molar-refractivity contribution in [3.05, 3.63) is 17.5 Å². The molecule has 1 aromatic heterocycles. The van der Waals surface area contributed by atoms with Crippen LogP contribution in [-0.2, 0) is 16.6 Å². The zero-order chi connectivity index (χ0) is 14.6. The minimum Gasteiger partial charge on any atom is -0.465 e. The Morgan fingerprint density at radius 2 is 2.11 bits per heavy atom. The summed E-state index contributed by atoms with van der Waals surface area (Å²) in [5.74, 6) is -0.616. The third-order valence-corrected chi connectivity index (χ3v) is 2.71. The van der Waals surface area contributed by atoms with Crippen LogP contribution in [0.15, 0.2) is 6.07 Å². The lowest BCUT2D eigenvalue weighted by atomic mass is 10.2. The molecule has 0 saturated carbocycles. The maximum absolute atomic E-state index is 12.4. The molecule has 0 N–H and O–H groups in total. The van der Waals surface area contributed by atoms with Crippen LogP contribution in [0, 0.1) is 6.92 Å². The van der Waals surface area contributed by atoms with Gasteiger partial charge in [-0.3, -0.25) is 14.3 Å². The summed E-state index contributed by atoms with van der Waals surface area (Å²) in [6.07, 6.45) is 0. The van der Waals surface area contributed by atoms with Crippen LogP contribution >= 0.6 is 0 Å². The standard InChI is InChI=1S/C13H21N3O3/c1-6-19-12(17)8-16(9(2)3)13(18)11-7-10(4)14-15(11)5/h7,9H,6,8H2,1-5H3. The fraction of sp³-hybridized carbons (Fsp3) is 0.615. The highest BCUT2D eigenvalue weighted by Gasteiger charge is 2.24. The van der Waals surface area contributed by atoms with Gasteiger partial charge in [-0.2, -0.15) is 5.10 Å². The van der Waals surface area contributed by atoms with Gasteiger partial charge in [-0.15, -0.1) is 0 Å². The average Bonchev–Trinajstić information content (AvgIpc) is 2.64. The molecule has 0 spiro atoms. The van der Waals surface area contributed by atoms with Gasteiger partial charge in [0, 0.05) is 13.1 Å². The molecule has 0 aliphatic heterocycles. The van der Waals surface area contributed by atoms with Crippen LogP contribution in [0.4, 0.5) is 0 Å². The molecule has 0 fully saturated rings. The summed E-state index contributed by atoms with van der Waals surface area (Å²) in [6, 6.07) is 1.62. The number of nitrogens with zero attached hydrogens (tertiary/aromatic N) is 3. The van der Waals surface area contributed by atoms with Gasteiger partial charge in [0.1, 0.15) is 12.2 Å². The van der Waals surface area contributed by atoms with Gasteiger partial charge in [0.25, 0.3) is 5.91 Å². The van der Waals surface area contributed by atoms with Gasteiger partial charge in [-0.1, -0.05) is 0 Å². The first-order valence-corrected chi connectivity index (χ1v) is 6.34. The van der Waals surface area contributed by atoms with Crippen molar-refractivity contribution < 1.29 is 14.3 Å². The van der Waals surface area contributed by atoms with E-state index in [1.807, 2.05) is 20.8 Å². The van der Waals surface area contributed by atoms with E-state index < -0.39 is 5.97 Å². The SMILES string of the molecule is CCOC(=O)CN(C(=O)c1cc(C)nn1C)C(C)C. The maximum atomic E-state index is 12.4. The number of carbonyl (C=O) groups is 2. The second-order valence-corrected chi connectivity index (χ2v) is 4.63. The smallest absolute Gasteiger partial charge is 0.325 e. The monoisotopic (exact) mass is 267 g/mol. The molecule has 0 aromatic carbocycles. The van der Waals surface area contributed by atoms with Gasteiger partial charge < -0.3 is 9.64 Å². The lowest BCUT2D eigenvalue weighted by Crippen LogP contribution is -2.42. The van der Waals surface area contributed by atoms with E-state index in [0.29, 0.717) is 12.3 Å². The van der Waals surface area contributed by atoms with Gasteiger partial charge in [0.2, 0.25) is 0 Å². The molecule has 1 amide bonds. The summed E-state index contributed by atoms with van der Waals surface area (Å²) >= 11 is 0. The summed E-state index contributed by atoms with van der Waals surface area (Å²) in [5.41, 5.74) is 1.24. The summed E-state index contributed by atoms with van der Waals surface area (Å²) in [6.45, 7) is 7.55. The fourth-order valence-corrected chi connectivity index (χ4v) is 1.79. The highest BCUT2D eigenvalue weighted by Crippen LogP contribution is 2.09. The Bertz CT molecular complexity index is 466. The van der Waals surface area contributed by atoms with Gasteiger partial charge >= 0.3 is 5.97 Å². The molecule has 1 heterocycles. The van der Waals surface area contributed by atoms with Gasteiger partial charge in [-0.05, 0) is 33.8 Å². The van der Waals surface area contributed by atoms with Crippen molar-refractivity contribution in [3.63, 3.8) is 0 Å². The van der Waals surface area contributed by atoms with E-state index in [1.165, 1.54) is 9.58 Å². The van der Waals surface area contributed by atoms with E-state index in [9.17, 15) is 9.59 Å². The number of hydrogen-bond acceptors (Lipinski definition) is 4. The Morgan fingerprint density at radius 3 is 2.53 bits per heavy atom. The predicted molar refractivity (Wildman–Crippen MR) is 70.8 cm³/mol. The third-order valence-electron chi connectivity index (χ3n) is 2.71. The minimum absolute atomic E-state index is 0.0471. The van der Waals surface area contributed by atoms with Crippen LogP contribution in [-0.4, -0.2) is 45.8 Å². The average molecular weight is 267 g/mol. The summed E-state index contributed by atoms with van der Waals surface area (Å²) in [4.78, 5) is 25.4. The molecule has 106 valence electrons. The van der Waals surface area contributed by atoms with E-state index in [4.69, 9.17) is 4.74 Å². The molecule has 0 radical (unpaired) electrons. The highest BCUT2D eigenvalue weighted by atomic mass is 16.5. The minimum atomic E-state index is -0.400. The number of amides is 1. The first-order valence-electron chi connectivity index (χ1n) is 6.34. The Labute approximate surface area is 113 Å². The molecule has 0 atom stereocenters. The van der Waals surface area contributed by atoms with Gasteiger partial charge in [0.15, 0.2) is 0 Å². The van der Waals surface area contributed by atoms with E-state index in [-0.39, 0.29) is 18.5 Å². The topological polar surface area (TPSA) is 64.4 Å². The number of ether oxygens (including phenoxy) is 1. The summed E-state index contributed by atoms with van der Waals surface area (Å²) in [5, 5.41) is 4.14. The van der Waals surface area contributed by atoms with Crippen molar-refractivity contribution in [1.29, 1.82) is 0 Å². The largest absolute Gasteiger partial charge is 0.465 e. The van der Waals surface area contributed by atoms with Crippen LogP contribution in [0.25, 0.3) is 0 Å². The first kappa shape index (κ1) is 15.2. The molecule has 6 nitrogen and oxygen atoms in total. The Balaban J connectivity index is 2.90.